The summed E-state index contributed by atoms with van der Waals surface area (Å²) >= 11 is 0. The lowest BCUT2D eigenvalue weighted by molar-refractivity contribution is -0.437. The van der Waals surface area contributed by atoms with Gasteiger partial charge in [-0.2, -0.15) is 21.4 Å². The number of hydrogen-bond donors (Lipinski definition) is 4. The third-order valence-corrected chi connectivity index (χ3v) is 12.4. The summed E-state index contributed by atoms with van der Waals surface area (Å²) in [5, 5.41) is 12.5. The van der Waals surface area contributed by atoms with E-state index >= 15 is 0 Å². The average Bonchev–Trinajstić information content (AvgIpc) is 3.47. The van der Waals surface area contributed by atoms with E-state index in [0.717, 1.165) is 0 Å². The van der Waals surface area contributed by atoms with E-state index < -0.39 is 87.5 Å². The van der Waals surface area contributed by atoms with Crippen LogP contribution in [0.2, 0.25) is 0 Å². The monoisotopic (exact) mass is 959 g/mol. The van der Waals surface area contributed by atoms with Crippen LogP contribution in [0.4, 0.5) is 11.4 Å². The number of nitrogens with zero attached hydrogens (tertiary/aromatic N) is 2. The van der Waals surface area contributed by atoms with Gasteiger partial charge in [0, 0.05) is 77.3 Å². The number of anilines is 1. The fraction of sp³-hybridized carbons (Fsp3) is 0.450. The number of amides is 1. The third kappa shape index (κ3) is 14.6. The summed E-state index contributed by atoms with van der Waals surface area (Å²) in [5.41, 5.74) is 1.76. The Balaban J connectivity index is 0.00000261. The summed E-state index contributed by atoms with van der Waals surface area (Å²) in [6.45, 7) is 8.88. The van der Waals surface area contributed by atoms with Gasteiger partial charge in [0.1, 0.15) is 6.54 Å². The summed E-state index contributed by atoms with van der Waals surface area (Å²) in [4.78, 5) is 40.9. The molecule has 0 aromatic heterocycles. The van der Waals surface area contributed by atoms with Gasteiger partial charge < -0.3 is 19.9 Å². The van der Waals surface area contributed by atoms with E-state index in [1.54, 1.807) is 53.5 Å². The number of nitrogens with one attached hydrogen (secondary N) is 1. The number of aromatic carboxylic acids is 1. The van der Waals surface area contributed by atoms with Crippen molar-refractivity contribution in [3.8, 4) is 0 Å². The molecule has 348 valence electrons. The number of allylic oxidation sites excluding steroid dienone is 6. The number of ketones is 1. The summed E-state index contributed by atoms with van der Waals surface area (Å²) < 4.78 is 126. The van der Waals surface area contributed by atoms with Gasteiger partial charge in [0.05, 0.1) is 38.2 Å². The van der Waals surface area contributed by atoms with Crippen molar-refractivity contribution in [1.82, 2.24) is 5.32 Å². The average molecular weight is 960 g/mol. The topological polar surface area (TPSA) is 307 Å². The second kappa shape index (κ2) is 21.6. The molecule has 0 saturated heterocycles. The van der Waals surface area contributed by atoms with Crippen molar-refractivity contribution in [3.63, 3.8) is 0 Å². The smallest absolute Gasteiger partial charge is 0.425 e. The fourth-order valence-electron chi connectivity index (χ4n) is 7.63. The molecular formula is C40H53N3O16S4. The van der Waals surface area contributed by atoms with Crippen LogP contribution < -0.4 is 10.2 Å². The number of carbonyl (C=O) groups is 3. The van der Waals surface area contributed by atoms with Crippen molar-refractivity contribution in [1.29, 1.82) is 0 Å². The number of hydrogen-bond acceptors (Lipinski definition) is 14. The maximum Gasteiger partial charge on any atom is 0.425 e. The fourth-order valence-corrected chi connectivity index (χ4v) is 8.96. The Morgan fingerprint density at radius 3 is 2.03 bits per heavy atom. The molecular weight excluding hydrogens is 907 g/mol. The van der Waals surface area contributed by atoms with Crippen molar-refractivity contribution < 1.29 is 75.6 Å². The molecule has 2 aliphatic rings. The first-order chi connectivity index (χ1) is 28.5. The molecule has 0 fully saturated rings. The van der Waals surface area contributed by atoms with Crippen molar-refractivity contribution in [3.05, 3.63) is 94.2 Å². The molecule has 63 heavy (non-hydrogen) atoms. The molecule has 2 heterocycles. The van der Waals surface area contributed by atoms with Gasteiger partial charge in [-0.15, -0.1) is 12.6 Å². The molecule has 23 heteroatoms. The maximum absolute atomic E-state index is 13.7. The van der Waals surface area contributed by atoms with Gasteiger partial charge in [0.15, 0.2) is 11.5 Å². The highest BCUT2D eigenvalue weighted by molar-refractivity contribution is 7.86. The Kier molecular flexibility index (Phi) is 18.6. The number of carboxylic acids is 1. The summed E-state index contributed by atoms with van der Waals surface area (Å²) in [6.07, 6.45) is 9.21. The molecule has 4 rings (SSSR count). The minimum absolute atomic E-state index is 0. The first-order valence-electron chi connectivity index (χ1n) is 19.0. The zero-order valence-corrected chi connectivity index (χ0v) is 37.8. The second-order valence-electron chi connectivity index (χ2n) is 15.3. The highest BCUT2D eigenvalue weighted by atomic mass is 32.2. The normalized spacial score (nSPS) is 16.1. The Morgan fingerprint density at radius 2 is 1.48 bits per heavy atom. The van der Waals surface area contributed by atoms with Gasteiger partial charge in [0.2, 0.25) is 5.69 Å². The number of benzene rings is 2. The quantitative estimate of drug-likeness (QED) is 0.0669. The molecule has 0 spiro atoms. The number of Topliss-reactive ketones (excluding diaryl/α,β-unsaturated/α-hetero) is 1. The minimum Gasteiger partial charge on any atom is -0.748 e. The van der Waals surface area contributed by atoms with Crippen molar-refractivity contribution >= 4 is 75.7 Å². The van der Waals surface area contributed by atoms with Gasteiger partial charge >= 0.3 is 16.6 Å². The summed E-state index contributed by atoms with van der Waals surface area (Å²) in [5.74, 6) is -4.02. The lowest BCUT2D eigenvalue weighted by Gasteiger charge is -2.27. The van der Waals surface area contributed by atoms with Gasteiger partial charge in [-0.05, 0) is 51.0 Å². The van der Waals surface area contributed by atoms with E-state index in [9.17, 15) is 58.4 Å². The van der Waals surface area contributed by atoms with E-state index in [4.69, 9.17) is 12.6 Å². The van der Waals surface area contributed by atoms with E-state index in [0.29, 0.717) is 40.3 Å². The van der Waals surface area contributed by atoms with E-state index in [1.807, 2.05) is 39.2 Å². The predicted octanol–water partition coefficient (Wildman–Crippen LogP) is 4.00. The van der Waals surface area contributed by atoms with Crippen LogP contribution in [0.25, 0.3) is 0 Å². The van der Waals surface area contributed by atoms with Crippen LogP contribution in [0.15, 0.2) is 66.4 Å². The van der Waals surface area contributed by atoms with Gasteiger partial charge in [0.25, 0.3) is 26.1 Å². The molecule has 0 radical (unpaired) electrons. The van der Waals surface area contributed by atoms with Crippen LogP contribution in [0, 0.1) is 0 Å². The second-order valence-corrected chi connectivity index (χ2v) is 20.4. The Labute approximate surface area is 369 Å². The standard InChI is InChI=1S/C39H49N3O13S3.CH4.O3S/c1-6-13-31(43)26-24-28(36(44)40-18-23-58(53,54)55)35-30(25-26)42(20-12-22-57(50,51)52)33(39(35,4)5)17-9-7-8-16-32-38(2,3)34-27(37(45)46)14-10-15-29(34)41(32)19-11-21-56(47,48)49;;1-4(2)3/h7-10,14-17,24-25H,6,11-13,18-23H2,1-5H3,(H4-,40,44,45,46,47,48,49,50,51,52,53,54,55);1H4;. The molecule has 19 nitrogen and oxygen atoms in total. The first-order valence-corrected chi connectivity index (χ1v) is 24.8. The van der Waals surface area contributed by atoms with E-state index in [1.165, 1.54) is 12.1 Å². The molecule has 2 aliphatic heterocycles. The molecule has 0 unspecified atom stereocenters. The zero-order chi connectivity index (χ0) is 47.0. The van der Waals surface area contributed by atoms with Crippen LogP contribution in [-0.2, 0) is 51.8 Å². The SMILES string of the molecule is C.CCCC(=O)c1cc(C(=O)NCCS(=O)(=O)O)c2c(c1)N(CCCS(=O)(=O)[O-])C(=CC=CC=CC1=[N+](CCCS(=O)(=O)O)c3cccc(C(=O)O)c3C1(C)C)C2(C)C.O=S(=O)=O. The molecule has 0 aliphatic carbocycles. The minimum atomic E-state index is -4.59. The lowest BCUT2D eigenvalue weighted by atomic mass is 9.79. The summed E-state index contributed by atoms with van der Waals surface area (Å²) in [7, 11) is -16.3. The number of carboxylic acid groups (broad SMARTS) is 1. The predicted molar refractivity (Wildman–Crippen MR) is 234 cm³/mol. The van der Waals surface area contributed by atoms with E-state index in [2.05, 4.69) is 5.32 Å². The summed E-state index contributed by atoms with van der Waals surface area (Å²) in [6, 6.07) is 7.88. The van der Waals surface area contributed by atoms with Crippen LogP contribution in [-0.4, -0.2) is 121 Å². The molecule has 4 N–H and O–H groups in total. The Morgan fingerprint density at radius 1 is 0.857 bits per heavy atom. The van der Waals surface area contributed by atoms with Gasteiger partial charge in [-0.1, -0.05) is 52.5 Å². The van der Waals surface area contributed by atoms with Crippen LogP contribution >= 0.6 is 0 Å². The van der Waals surface area contributed by atoms with Crippen molar-refractivity contribution in [2.45, 2.75) is 78.6 Å². The molecule has 0 bridgehead atoms. The molecule has 2 aromatic carbocycles. The molecule has 0 atom stereocenters. The Bertz CT molecular complexity index is 2680. The number of carbonyl (C=O) groups excluding carboxylic acids is 2. The number of rotatable bonds is 19. The highest BCUT2D eigenvalue weighted by Gasteiger charge is 2.47. The molecule has 1 amide bonds. The highest BCUT2D eigenvalue weighted by Crippen LogP contribution is 2.50. The Hall–Kier alpha value is -4.91. The lowest BCUT2D eigenvalue weighted by Crippen LogP contribution is -2.31. The van der Waals surface area contributed by atoms with E-state index in [-0.39, 0.29) is 62.3 Å². The van der Waals surface area contributed by atoms with Crippen LogP contribution in [0.5, 0.6) is 0 Å². The van der Waals surface area contributed by atoms with Crippen molar-refractivity contribution in [2.75, 3.05) is 41.8 Å². The molecule has 0 saturated carbocycles. The van der Waals surface area contributed by atoms with Gasteiger partial charge in [-0.3, -0.25) is 18.7 Å². The molecule has 2 aromatic rings. The zero-order valence-electron chi connectivity index (χ0n) is 34.5. The maximum atomic E-state index is 13.7. The first kappa shape index (κ1) is 54.2. The van der Waals surface area contributed by atoms with Crippen LogP contribution in [0.3, 0.4) is 0 Å². The van der Waals surface area contributed by atoms with Gasteiger partial charge in [-0.25, -0.2) is 13.2 Å². The van der Waals surface area contributed by atoms with Crippen LogP contribution in [0.1, 0.15) is 110 Å². The third-order valence-electron chi connectivity index (χ3n) is 10.1. The van der Waals surface area contributed by atoms with Crippen molar-refractivity contribution in [2.24, 2.45) is 0 Å². The number of fused-ring (bicyclic) bond motifs is 2. The largest absolute Gasteiger partial charge is 0.748 e.